The van der Waals surface area contributed by atoms with Crippen molar-refractivity contribution >= 4 is 28.2 Å². The lowest BCUT2D eigenvalue weighted by molar-refractivity contribution is 0.0697. The molecule has 0 fully saturated rings. The molecule has 0 saturated heterocycles. The van der Waals surface area contributed by atoms with E-state index in [0.29, 0.717) is 18.3 Å². The monoisotopic (exact) mass is 538 g/mol. The number of aromatic nitrogens is 2. The zero-order valence-electron chi connectivity index (χ0n) is 22.5. The molecule has 0 radical (unpaired) electrons. The second-order valence-corrected chi connectivity index (χ2v) is 10.9. The van der Waals surface area contributed by atoms with Crippen LogP contribution in [-0.4, -0.2) is 20.6 Å². The minimum absolute atomic E-state index is 0.239. The Hall–Kier alpha value is -3.90. The van der Waals surface area contributed by atoms with Crippen molar-refractivity contribution in [2.45, 2.75) is 58.6 Å². The molecule has 5 rings (SSSR count). The normalized spacial score (nSPS) is 11.4. The molecule has 0 aliphatic carbocycles. The van der Waals surface area contributed by atoms with Crippen LogP contribution in [0.4, 0.5) is 0 Å². The number of carboxylic acid groups (broad SMARTS) is 1. The lowest BCUT2D eigenvalue weighted by Crippen LogP contribution is -2.01. The molecule has 2 aromatic heterocycles. The van der Waals surface area contributed by atoms with E-state index in [0.717, 1.165) is 22.8 Å². The van der Waals surface area contributed by atoms with Crippen molar-refractivity contribution in [3.05, 3.63) is 106 Å². The van der Waals surface area contributed by atoms with Crippen LogP contribution in [0.1, 0.15) is 71.9 Å². The summed E-state index contributed by atoms with van der Waals surface area (Å²) in [5.41, 5.74) is 6.22. The van der Waals surface area contributed by atoms with E-state index in [-0.39, 0.29) is 5.56 Å². The molecule has 0 aliphatic heterocycles. The quantitative estimate of drug-likeness (QED) is 0.172. The van der Waals surface area contributed by atoms with Crippen LogP contribution < -0.4 is 4.74 Å². The van der Waals surface area contributed by atoms with Gasteiger partial charge in [-0.15, -0.1) is 11.3 Å². The second kappa shape index (κ2) is 12.3. The molecule has 5 nitrogen and oxygen atoms in total. The fourth-order valence-corrected chi connectivity index (χ4v) is 5.89. The molecule has 200 valence electrons. The number of para-hydroxylation sites is 1. The third-order valence-electron chi connectivity index (χ3n) is 7.16. The molecule has 0 aliphatic rings. The van der Waals surface area contributed by atoms with E-state index >= 15 is 0 Å². The summed E-state index contributed by atoms with van der Waals surface area (Å²) in [6.45, 7) is 5.68. The van der Waals surface area contributed by atoms with Crippen molar-refractivity contribution in [1.82, 2.24) is 9.55 Å². The summed E-state index contributed by atoms with van der Waals surface area (Å²) in [7, 11) is 0. The fourth-order valence-electron chi connectivity index (χ4n) is 5.19. The highest BCUT2D eigenvalue weighted by molar-refractivity contribution is 7.09. The third kappa shape index (κ3) is 6.23. The Morgan fingerprint density at radius 3 is 2.38 bits per heavy atom. The number of hydrogen-bond donors (Lipinski definition) is 1. The highest BCUT2D eigenvalue weighted by Crippen LogP contribution is 2.33. The van der Waals surface area contributed by atoms with Gasteiger partial charge in [-0.05, 0) is 60.2 Å². The number of nitrogens with zero attached hydrogens (tertiary/aromatic N) is 2. The van der Waals surface area contributed by atoms with Crippen molar-refractivity contribution in [3.63, 3.8) is 0 Å². The Morgan fingerprint density at radius 1 is 0.974 bits per heavy atom. The number of hydrogen-bond acceptors (Lipinski definition) is 4. The molecule has 2 heterocycles. The first-order valence-electron chi connectivity index (χ1n) is 13.6. The maximum atomic E-state index is 11.1. The molecule has 0 saturated carbocycles. The van der Waals surface area contributed by atoms with E-state index < -0.39 is 5.97 Å². The predicted octanol–water partition coefficient (Wildman–Crippen LogP) is 8.77. The van der Waals surface area contributed by atoms with Crippen LogP contribution in [0, 0.1) is 0 Å². The van der Waals surface area contributed by atoms with Gasteiger partial charge in [0.1, 0.15) is 17.4 Å². The SMILES string of the molecule is CCCC(CCC)c1ccc(Cn2cc(-c3csc(COc4ccc(C(=O)O)cc4)n3)c3ccccc32)cc1. The van der Waals surface area contributed by atoms with E-state index in [1.165, 1.54) is 47.7 Å². The number of thiazole rings is 1. The molecule has 5 aromatic rings. The predicted molar refractivity (Wildman–Crippen MR) is 159 cm³/mol. The fraction of sp³-hybridized carbons (Fsp3) is 0.273. The van der Waals surface area contributed by atoms with Gasteiger partial charge in [-0.3, -0.25) is 0 Å². The lowest BCUT2D eigenvalue weighted by Gasteiger charge is -2.16. The Bertz CT molecular complexity index is 1530. The first kappa shape index (κ1) is 26.7. The molecule has 1 N–H and O–H groups in total. The van der Waals surface area contributed by atoms with Crippen LogP contribution in [0.25, 0.3) is 22.2 Å². The minimum Gasteiger partial charge on any atom is -0.486 e. The number of aromatic carboxylic acids is 1. The summed E-state index contributed by atoms with van der Waals surface area (Å²) in [6, 6.07) is 24.1. The van der Waals surface area contributed by atoms with E-state index in [2.05, 4.69) is 78.5 Å². The van der Waals surface area contributed by atoms with Crippen LogP contribution >= 0.6 is 11.3 Å². The molecular formula is C33H34N2O3S. The van der Waals surface area contributed by atoms with Crippen LogP contribution in [0.3, 0.4) is 0 Å². The van der Waals surface area contributed by atoms with Crippen molar-refractivity contribution in [1.29, 1.82) is 0 Å². The van der Waals surface area contributed by atoms with Gasteiger partial charge >= 0.3 is 5.97 Å². The van der Waals surface area contributed by atoms with E-state index in [9.17, 15) is 4.79 Å². The first-order chi connectivity index (χ1) is 19.1. The van der Waals surface area contributed by atoms with Gasteiger partial charge in [0.15, 0.2) is 0 Å². The average Bonchev–Trinajstić information content (AvgIpc) is 3.57. The third-order valence-corrected chi connectivity index (χ3v) is 7.98. The number of fused-ring (bicyclic) bond motifs is 1. The average molecular weight is 539 g/mol. The minimum atomic E-state index is -0.949. The number of carboxylic acids is 1. The lowest BCUT2D eigenvalue weighted by atomic mass is 9.90. The Labute approximate surface area is 233 Å². The zero-order valence-corrected chi connectivity index (χ0v) is 23.3. The maximum absolute atomic E-state index is 11.1. The Balaban J connectivity index is 1.33. The van der Waals surface area contributed by atoms with Gasteiger partial charge in [0.2, 0.25) is 0 Å². The molecular weight excluding hydrogens is 504 g/mol. The van der Waals surface area contributed by atoms with Crippen LogP contribution in [0.5, 0.6) is 5.75 Å². The molecule has 0 spiro atoms. The van der Waals surface area contributed by atoms with E-state index in [1.807, 2.05) is 0 Å². The molecule has 0 bridgehead atoms. The number of carbonyl (C=O) groups is 1. The zero-order chi connectivity index (χ0) is 27.2. The van der Waals surface area contributed by atoms with Crippen LogP contribution in [-0.2, 0) is 13.2 Å². The molecule has 3 aromatic carbocycles. The number of rotatable bonds is 12. The number of ether oxygens (including phenoxy) is 1. The summed E-state index contributed by atoms with van der Waals surface area (Å²) < 4.78 is 8.17. The summed E-state index contributed by atoms with van der Waals surface area (Å²) in [6.07, 6.45) is 7.14. The van der Waals surface area contributed by atoms with Gasteiger partial charge < -0.3 is 14.4 Å². The van der Waals surface area contributed by atoms with Crippen molar-refractivity contribution in [2.24, 2.45) is 0 Å². The Morgan fingerprint density at radius 2 is 1.69 bits per heavy atom. The van der Waals surface area contributed by atoms with Gasteiger partial charge in [-0.1, -0.05) is 69.2 Å². The molecule has 6 heteroatoms. The van der Waals surface area contributed by atoms with E-state index in [4.69, 9.17) is 14.8 Å². The van der Waals surface area contributed by atoms with Crippen LogP contribution in [0.15, 0.2) is 84.4 Å². The smallest absolute Gasteiger partial charge is 0.335 e. The second-order valence-electron chi connectivity index (χ2n) is 9.95. The van der Waals surface area contributed by atoms with Crippen molar-refractivity contribution in [3.8, 4) is 17.0 Å². The molecule has 39 heavy (non-hydrogen) atoms. The van der Waals surface area contributed by atoms with Gasteiger partial charge in [0.25, 0.3) is 0 Å². The number of benzene rings is 3. The summed E-state index contributed by atoms with van der Waals surface area (Å²) in [5, 5.41) is 13.2. The van der Waals surface area contributed by atoms with E-state index in [1.54, 1.807) is 35.6 Å². The first-order valence-corrected chi connectivity index (χ1v) is 14.5. The van der Waals surface area contributed by atoms with Crippen LogP contribution in [0.2, 0.25) is 0 Å². The van der Waals surface area contributed by atoms with Gasteiger partial charge in [-0.25, -0.2) is 9.78 Å². The molecule has 0 unspecified atom stereocenters. The van der Waals surface area contributed by atoms with Gasteiger partial charge in [-0.2, -0.15) is 0 Å². The Kier molecular flexibility index (Phi) is 8.42. The highest BCUT2D eigenvalue weighted by atomic mass is 32.1. The summed E-state index contributed by atoms with van der Waals surface area (Å²) in [5.74, 6) is 0.324. The highest BCUT2D eigenvalue weighted by Gasteiger charge is 2.15. The standard InChI is InChI=1S/C33H34N2O3S/c1-3-7-24(8-4-2)25-13-11-23(12-14-25)19-35-20-29(28-9-5-6-10-31(28)35)30-22-39-32(34-30)21-38-27-17-15-26(16-18-27)33(36)37/h5-6,9-18,20,22,24H,3-4,7-8,19,21H2,1-2H3,(H,36,37). The topological polar surface area (TPSA) is 64.3 Å². The molecule has 0 atom stereocenters. The maximum Gasteiger partial charge on any atom is 0.335 e. The summed E-state index contributed by atoms with van der Waals surface area (Å²) >= 11 is 1.57. The molecule has 0 amide bonds. The largest absolute Gasteiger partial charge is 0.486 e. The summed E-state index contributed by atoms with van der Waals surface area (Å²) in [4.78, 5) is 15.9. The van der Waals surface area contributed by atoms with Gasteiger partial charge in [0, 0.05) is 34.6 Å². The van der Waals surface area contributed by atoms with Crippen molar-refractivity contribution < 1.29 is 14.6 Å². The van der Waals surface area contributed by atoms with Crippen molar-refractivity contribution in [2.75, 3.05) is 0 Å². The van der Waals surface area contributed by atoms with Gasteiger partial charge in [0.05, 0.1) is 11.3 Å².